The maximum atomic E-state index is 12.4. The second-order valence-electron chi connectivity index (χ2n) is 6.16. The highest BCUT2D eigenvalue weighted by Crippen LogP contribution is 2.29. The van der Waals surface area contributed by atoms with E-state index in [0.717, 1.165) is 36.9 Å². The monoisotopic (exact) mass is 301 g/mol. The van der Waals surface area contributed by atoms with E-state index in [0.29, 0.717) is 19.4 Å². The second-order valence-corrected chi connectivity index (χ2v) is 6.16. The third kappa shape index (κ3) is 2.99. The lowest BCUT2D eigenvalue weighted by Gasteiger charge is -2.25. The van der Waals surface area contributed by atoms with Gasteiger partial charge in [-0.2, -0.15) is 0 Å². The summed E-state index contributed by atoms with van der Waals surface area (Å²) in [6.07, 6.45) is 5.00. The molecule has 118 valence electrons. The number of carbonyl (C=O) groups is 2. The van der Waals surface area contributed by atoms with Gasteiger partial charge in [0, 0.05) is 24.7 Å². The van der Waals surface area contributed by atoms with Crippen LogP contribution in [0.3, 0.4) is 0 Å². The Balaban J connectivity index is 1.95. The van der Waals surface area contributed by atoms with Gasteiger partial charge in [-0.3, -0.25) is 14.5 Å². The van der Waals surface area contributed by atoms with Gasteiger partial charge in [-0.1, -0.05) is 25.0 Å². The largest absolute Gasteiger partial charge is 0.354 e. The van der Waals surface area contributed by atoms with E-state index in [1.54, 1.807) is 4.90 Å². The molecule has 0 saturated carbocycles. The van der Waals surface area contributed by atoms with Crippen LogP contribution in [0, 0.1) is 0 Å². The molecule has 2 aliphatic heterocycles. The fourth-order valence-electron chi connectivity index (χ4n) is 3.32. The fourth-order valence-corrected chi connectivity index (χ4v) is 3.32. The molecule has 2 heterocycles. The summed E-state index contributed by atoms with van der Waals surface area (Å²) in [5.74, 6) is -0.0273. The van der Waals surface area contributed by atoms with Crippen LogP contribution in [0.25, 0.3) is 0 Å². The Kier molecular flexibility index (Phi) is 4.43. The molecule has 1 saturated heterocycles. The van der Waals surface area contributed by atoms with E-state index in [4.69, 9.17) is 5.73 Å². The first-order valence-electron chi connectivity index (χ1n) is 8.12. The van der Waals surface area contributed by atoms with Crippen LogP contribution < -0.4 is 16.0 Å². The predicted octanol–water partition coefficient (Wildman–Crippen LogP) is 1.87. The molecule has 0 aromatic heterocycles. The van der Waals surface area contributed by atoms with Crippen LogP contribution in [0.1, 0.15) is 50.1 Å². The van der Waals surface area contributed by atoms with Crippen molar-refractivity contribution in [1.29, 1.82) is 0 Å². The van der Waals surface area contributed by atoms with Crippen LogP contribution in [-0.4, -0.2) is 24.4 Å². The zero-order chi connectivity index (χ0) is 15.5. The summed E-state index contributed by atoms with van der Waals surface area (Å²) in [4.78, 5) is 26.3. The minimum Gasteiger partial charge on any atom is -0.354 e. The Labute approximate surface area is 130 Å². The number of nitrogens with zero attached hydrogens (tertiary/aromatic N) is 1. The molecule has 1 aromatic rings. The molecule has 2 atom stereocenters. The number of benzene rings is 1. The Bertz CT molecular complexity index is 573. The zero-order valence-corrected chi connectivity index (χ0v) is 12.8. The van der Waals surface area contributed by atoms with Crippen molar-refractivity contribution in [2.24, 2.45) is 5.73 Å². The summed E-state index contributed by atoms with van der Waals surface area (Å²) >= 11 is 0. The van der Waals surface area contributed by atoms with Crippen molar-refractivity contribution < 1.29 is 9.59 Å². The number of hydrogen-bond donors (Lipinski definition) is 2. The van der Waals surface area contributed by atoms with E-state index >= 15 is 0 Å². The molecular weight excluding hydrogens is 278 g/mol. The summed E-state index contributed by atoms with van der Waals surface area (Å²) < 4.78 is 0. The topological polar surface area (TPSA) is 75.4 Å². The average molecular weight is 301 g/mol. The smallest absolute Gasteiger partial charge is 0.243 e. The molecule has 2 amide bonds. The van der Waals surface area contributed by atoms with E-state index in [-0.39, 0.29) is 23.9 Å². The van der Waals surface area contributed by atoms with Gasteiger partial charge in [-0.25, -0.2) is 0 Å². The van der Waals surface area contributed by atoms with E-state index in [1.165, 1.54) is 0 Å². The van der Waals surface area contributed by atoms with Crippen molar-refractivity contribution in [1.82, 2.24) is 5.32 Å². The van der Waals surface area contributed by atoms with Crippen molar-refractivity contribution in [3.8, 4) is 0 Å². The lowest BCUT2D eigenvalue weighted by Crippen LogP contribution is -2.45. The highest BCUT2D eigenvalue weighted by Gasteiger charge is 2.37. The molecule has 2 bridgehead atoms. The Hall–Kier alpha value is -1.88. The number of rotatable bonds is 0. The number of fused-ring (bicyclic) bond motifs is 4. The van der Waals surface area contributed by atoms with Gasteiger partial charge in [0.25, 0.3) is 0 Å². The van der Waals surface area contributed by atoms with Gasteiger partial charge in [-0.05, 0) is 37.0 Å². The van der Waals surface area contributed by atoms with Crippen molar-refractivity contribution in [2.75, 3.05) is 11.4 Å². The maximum absolute atomic E-state index is 12.4. The standard InChI is InChI=1S/C17H23N3O2/c18-14-7-2-1-3-10-19-17(22)15-8-9-16(21)20(15)13-6-4-5-12(14)11-13/h4-6,11,14-15H,1-3,7-10,18H2,(H,19,22). The first-order valence-corrected chi connectivity index (χ1v) is 8.12. The first-order chi connectivity index (χ1) is 10.7. The summed E-state index contributed by atoms with van der Waals surface area (Å²) in [6.45, 7) is 0.671. The molecule has 2 unspecified atom stereocenters. The maximum Gasteiger partial charge on any atom is 0.243 e. The predicted molar refractivity (Wildman–Crippen MR) is 85.4 cm³/mol. The lowest BCUT2D eigenvalue weighted by atomic mass is 10.0. The second kappa shape index (κ2) is 6.48. The van der Waals surface area contributed by atoms with Gasteiger partial charge in [0.2, 0.25) is 11.8 Å². The van der Waals surface area contributed by atoms with Crippen LogP contribution >= 0.6 is 0 Å². The first kappa shape index (κ1) is 15.0. The van der Waals surface area contributed by atoms with Gasteiger partial charge in [0.05, 0.1) is 0 Å². The molecule has 3 rings (SSSR count). The van der Waals surface area contributed by atoms with Gasteiger partial charge < -0.3 is 11.1 Å². The molecule has 0 aliphatic carbocycles. The van der Waals surface area contributed by atoms with Crippen LogP contribution in [0.5, 0.6) is 0 Å². The summed E-state index contributed by atoms with van der Waals surface area (Å²) in [7, 11) is 0. The normalized spacial score (nSPS) is 26.5. The van der Waals surface area contributed by atoms with Crippen LogP contribution in [-0.2, 0) is 9.59 Å². The van der Waals surface area contributed by atoms with Crippen molar-refractivity contribution in [3.05, 3.63) is 29.8 Å². The van der Waals surface area contributed by atoms with Crippen LogP contribution in [0.4, 0.5) is 5.69 Å². The molecule has 22 heavy (non-hydrogen) atoms. The molecule has 0 radical (unpaired) electrons. The van der Waals surface area contributed by atoms with Crippen molar-refractivity contribution >= 4 is 17.5 Å². The Morgan fingerprint density at radius 1 is 1.14 bits per heavy atom. The number of carbonyl (C=O) groups excluding carboxylic acids is 2. The quantitative estimate of drug-likeness (QED) is 0.768. The van der Waals surface area contributed by atoms with E-state index in [9.17, 15) is 9.59 Å². The minimum atomic E-state index is -0.389. The van der Waals surface area contributed by atoms with Gasteiger partial charge >= 0.3 is 0 Å². The van der Waals surface area contributed by atoms with Gasteiger partial charge in [-0.15, -0.1) is 0 Å². The molecule has 5 nitrogen and oxygen atoms in total. The van der Waals surface area contributed by atoms with Crippen LogP contribution in [0.2, 0.25) is 0 Å². The number of amides is 2. The van der Waals surface area contributed by atoms with E-state index < -0.39 is 0 Å². The van der Waals surface area contributed by atoms with Gasteiger partial charge in [0.1, 0.15) is 6.04 Å². The molecule has 3 N–H and O–H groups in total. The SMILES string of the molecule is NC1CCCCCNC(=O)C2CCC(=O)N2c2cccc1c2. The number of hydrogen-bond acceptors (Lipinski definition) is 3. The summed E-state index contributed by atoms with van der Waals surface area (Å²) in [5, 5.41) is 2.97. The molecule has 5 heteroatoms. The third-order valence-corrected chi connectivity index (χ3v) is 4.58. The highest BCUT2D eigenvalue weighted by molar-refractivity contribution is 6.03. The fraction of sp³-hybridized carbons (Fsp3) is 0.529. The Morgan fingerprint density at radius 3 is 2.86 bits per heavy atom. The molecule has 1 aromatic carbocycles. The van der Waals surface area contributed by atoms with E-state index in [1.807, 2.05) is 24.3 Å². The molecule has 0 spiro atoms. The summed E-state index contributed by atoms with van der Waals surface area (Å²) in [6, 6.07) is 7.37. The highest BCUT2D eigenvalue weighted by atomic mass is 16.2. The van der Waals surface area contributed by atoms with E-state index in [2.05, 4.69) is 5.32 Å². The number of nitrogens with two attached hydrogens (primary N) is 1. The zero-order valence-electron chi connectivity index (χ0n) is 12.8. The van der Waals surface area contributed by atoms with Gasteiger partial charge in [0.15, 0.2) is 0 Å². The average Bonchev–Trinajstić information content (AvgIpc) is 2.91. The van der Waals surface area contributed by atoms with Crippen molar-refractivity contribution in [2.45, 2.75) is 50.6 Å². The Morgan fingerprint density at radius 2 is 2.00 bits per heavy atom. The molecule has 1 fully saturated rings. The number of nitrogens with one attached hydrogen (secondary N) is 1. The molecule has 2 aliphatic rings. The van der Waals surface area contributed by atoms with Crippen LogP contribution in [0.15, 0.2) is 24.3 Å². The van der Waals surface area contributed by atoms with Crippen molar-refractivity contribution in [3.63, 3.8) is 0 Å². The number of anilines is 1. The summed E-state index contributed by atoms with van der Waals surface area (Å²) in [5.41, 5.74) is 8.10. The minimum absolute atomic E-state index is 0.0134. The third-order valence-electron chi connectivity index (χ3n) is 4.58. The lowest BCUT2D eigenvalue weighted by molar-refractivity contribution is -0.123. The molecular formula is C17H23N3O2.